The van der Waals surface area contributed by atoms with Gasteiger partial charge in [-0.3, -0.25) is 0 Å². The molecule has 1 amide bonds. The molecule has 2 unspecified atom stereocenters. The van der Waals surface area contributed by atoms with E-state index in [0.29, 0.717) is 24.5 Å². The first-order valence-electron chi connectivity index (χ1n) is 8.97. The first-order valence-corrected chi connectivity index (χ1v) is 8.97. The highest BCUT2D eigenvalue weighted by atomic mass is 16.6. The van der Waals surface area contributed by atoms with E-state index in [9.17, 15) is 4.79 Å². The van der Waals surface area contributed by atoms with Crippen LogP contribution in [0.3, 0.4) is 0 Å². The lowest BCUT2D eigenvalue weighted by Crippen LogP contribution is -2.41. The molecule has 1 aliphatic carbocycles. The third kappa shape index (κ3) is 5.51. The third-order valence-corrected chi connectivity index (χ3v) is 4.41. The van der Waals surface area contributed by atoms with Crippen LogP contribution in [0.5, 0.6) is 0 Å². The number of rotatable bonds is 6. The fraction of sp³-hybridized carbons (Fsp3) is 0.778. The van der Waals surface area contributed by atoms with E-state index in [1.54, 1.807) is 0 Å². The van der Waals surface area contributed by atoms with Crippen molar-refractivity contribution in [2.75, 3.05) is 6.54 Å². The first kappa shape index (κ1) is 18.8. The molecule has 6 nitrogen and oxygen atoms in total. The molecule has 1 saturated carbocycles. The molecule has 136 valence electrons. The van der Waals surface area contributed by atoms with Gasteiger partial charge in [-0.25, -0.2) is 9.78 Å². The van der Waals surface area contributed by atoms with Crippen molar-refractivity contribution in [2.45, 2.75) is 78.1 Å². The minimum absolute atomic E-state index is 0.328. The number of alkyl carbamates (subject to hydrolysis) is 1. The normalized spacial score (nSPS) is 21.2. The monoisotopic (exact) mass is 336 g/mol. The molecule has 1 aromatic heterocycles. The van der Waals surface area contributed by atoms with Gasteiger partial charge >= 0.3 is 6.09 Å². The predicted octanol–water partition coefficient (Wildman–Crippen LogP) is 3.25. The molecule has 2 rings (SSSR count). The van der Waals surface area contributed by atoms with Gasteiger partial charge in [0.25, 0.3) is 0 Å². The molecule has 0 aliphatic heterocycles. The fourth-order valence-electron chi connectivity index (χ4n) is 3.25. The molecule has 24 heavy (non-hydrogen) atoms. The lowest BCUT2D eigenvalue weighted by molar-refractivity contribution is 0.0517. The topological polar surface area (TPSA) is 68.2 Å². The second kappa shape index (κ2) is 8.01. The van der Waals surface area contributed by atoms with Crippen molar-refractivity contribution in [1.82, 2.24) is 20.2 Å². The summed E-state index contributed by atoms with van der Waals surface area (Å²) in [6.07, 6.45) is 6.97. The Morgan fingerprint density at radius 3 is 2.83 bits per heavy atom. The van der Waals surface area contributed by atoms with Crippen LogP contribution in [-0.4, -0.2) is 33.8 Å². The molecular weight excluding hydrogens is 304 g/mol. The largest absolute Gasteiger partial charge is 0.444 e. The van der Waals surface area contributed by atoms with Crippen LogP contribution in [0.4, 0.5) is 4.79 Å². The Labute approximate surface area is 145 Å². The molecule has 0 saturated heterocycles. The summed E-state index contributed by atoms with van der Waals surface area (Å²) in [5, 5.41) is 6.56. The van der Waals surface area contributed by atoms with Crippen molar-refractivity contribution in [3.63, 3.8) is 0 Å². The molecule has 1 fully saturated rings. The number of carbonyl (C=O) groups excluding carboxylic acids is 1. The SMILES string of the molecule is CC(C)n1cncc1CNC1CCCC1CNC(=O)OC(C)(C)C. The number of ether oxygens (including phenoxy) is 1. The van der Waals surface area contributed by atoms with Crippen LogP contribution in [0.1, 0.15) is 65.6 Å². The van der Waals surface area contributed by atoms with Gasteiger partial charge in [-0.05, 0) is 53.4 Å². The molecule has 0 bridgehead atoms. The van der Waals surface area contributed by atoms with Crippen molar-refractivity contribution in [3.8, 4) is 0 Å². The molecule has 0 radical (unpaired) electrons. The molecular formula is C18H32N4O2. The highest BCUT2D eigenvalue weighted by Crippen LogP contribution is 2.25. The lowest BCUT2D eigenvalue weighted by atomic mass is 10.0. The van der Waals surface area contributed by atoms with Gasteiger partial charge in [0.05, 0.1) is 12.0 Å². The van der Waals surface area contributed by atoms with E-state index >= 15 is 0 Å². The Morgan fingerprint density at radius 1 is 1.42 bits per heavy atom. The Morgan fingerprint density at radius 2 is 2.17 bits per heavy atom. The smallest absolute Gasteiger partial charge is 0.407 e. The van der Waals surface area contributed by atoms with Crippen LogP contribution in [-0.2, 0) is 11.3 Å². The van der Waals surface area contributed by atoms with E-state index < -0.39 is 5.60 Å². The highest BCUT2D eigenvalue weighted by Gasteiger charge is 2.28. The summed E-state index contributed by atoms with van der Waals surface area (Å²) in [5.41, 5.74) is 0.753. The Hall–Kier alpha value is -1.56. The summed E-state index contributed by atoms with van der Waals surface area (Å²) < 4.78 is 7.50. The van der Waals surface area contributed by atoms with Gasteiger partial charge in [-0.1, -0.05) is 6.42 Å². The quantitative estimate of drug-likeness (QED) is 0.837. The third-order valence-electron chi connectivity index (χ3n) is 4.41. The van der Waals surface area contributed by atoms with Crippen LogP contribution >= 0.6 is 0 Å². The van der Waals surface area contributed by atoms with E-state index in [1.165, 1.54) is 12.1 Å². The van der Waals surface area contributed by atoms with E-state index in [1.807, 2.05) is 33.3 Å². The van der Waals surface area contributed by atoms with Gasteiger partial charge in [-0.2, -0.15) is 0 Å². The second-order valence-electron chi connectivity index (χ2n) is 7.95. The van der Waals surface area contributed by atoms with Gasteiger partial charge in [0.2, 0.25) is 0 Å². The Kier molecular flexibility index (Phi) is 6.27. The molecule has 6 heteroatoms. The molecule has 2 N–H and O–H groups in total. The van der Waals surface area contributed by atoms with Crippen LogP contribution < -0.4 is 10.6 Å². The van der Waals surface area contributed by atoms with Crippen molar-refractivity contribution >= 4 is 6.09 Å². The number of nitrogens with zero attached hydrogens (tertiary/aromatic N) is 2. The summed E-state index contributed by atoms with van der Waals surface area (Å²) in [5.74, 6) is 0.452. The fourth-order valence-corrected chi connectivity index (χ4v) is 3.25. The van der Waals surface area contributed by atoms with Gasteiger partial charge in [0.1, 0.15) is 5.60 Å². The second-order valence-corrected chi connectivity index (χ2v) is 7.95. The Balaban J connectivity index is 1.80. The Bertz CT molecular complexity index is 533. The van der Waals surface area contributed by atoms with Crippen molar-refractivity contribution in [1.29, 1.82) is 0 Å². The molecule has 1 aromatic rings. The number of hydrogen-bond acceptors (Lipinski definition) is 4. The summed E-state index contributed by atoms with van der Waals surface area (Å²) in [7, 11) is 0. The van der Waals surface area contributed by atoms with Gasteiger partial charge < -0.3 is 19.9 Å². The number of hydrogen-bond donors (Lipinski definition) is 2. The van der Waals surface area contributed by atoms with Gasteiger partial charge in [-0.15, -0.1) is 0 Å². The first-order chi connectivity index (χ1) is 11.3. The lowest BCUT2D eigenvalue weighted by Gasteiger charge is -2.24. The van der Waals surface area contributed by atoms with Gasteiger partial charge in [0.15, 0.2) is 0 Å². The maximum Gasteiger partial charge on any atom is 0.407 e. The van der Waals surface area contributed by atoms with Crippen LogP contribution in [0.15, 0.2) is 12.5 Å². The molecule has 1 aliphatic rings. The minimum atomic E-state index is -0.452. The van der Waals surface area contributed by atoms with Crippen LogP contribution in [0.25, 0.3) is 0 Å². The summed E-state index contributed by atoms with van der Waals surface area (Å²) in [4.78, 5) is 16.1. The van der Waals surface area contributed by atoms with E-state index in [-0.39, 0.29) is 6.09 Å². The molecule has 0 spiro atoms. The number of imidazole rings is 1. The predicted molar refractivity (Wildman–Crippen MR) is 94.8 cm³/mol. The number of carbonyl (C=O) groups is 1. The minimum Gasteiger partial charge on any atom is -0.444 e. The maximum atomic E-state index is 11.8. The van der Waals surface area contributed by atoms with E-state index in [4.69, 9.17) is 4.74 Å². The maximum absolute atomic E-state index is 11.8. The number of aromatic nitrogens is 2. The van der Waals surface area contributed by atoms with Gasteiger partial charge in [0, 0.05) is 31.4 Å². The number of amides is 1. The van der Waals surface area contributed by atoms with Crippen LogP contribution in [0, 0.1) is 5.92 Å². The highest BCUT2D eigenvalue weighted by molar-refractivity contribution is 5.67. The molecule has 2 atom stereocenters. The van der Waals surface area contributed by atoms with Crippen molar-refractivity contribution < 1.29 is 9.53 Å². The zero-order chi connectivity index (χ0) is 17.7. The van der Waals surface area contributed by atoms with Crippen molar-refractivity contribution in [3.05, 3.63) is 18.2 Å². The number of nitrogens with one attached hydrogen (secondary N) is 2. The average Bonchev–Trinajstić information content (AvgIpc) is 3.09. The zero-order valence-electron chi connectivity index (χ0n) is 15.6. The molecule has 0 aromatic carbocycles. The van der Waals surface area contributed by atoms with E-state index in [2.05, 4.69) is 34.0 Å². The standard InChI is InChI=1S/C18H32N4O2/c1-13(2)22-12-19-10-15(22)11-20-16-8-6-7-14(16)9-21-17(23)24-18(3,4)5/h10,12-14,16,20H,6-9,11H2,1-5H3,(H,21,23). The molecule has 1 heterocycles. The van der Waals surface area contributed by atoms with Crippen molar-refractivity contribution in [2.24, 2.45) is 5.92 Å². The van der Waals surface area contributed by atoms with Crippen LogP contribution in [0.2, 0.25) is 0 Å². The summed E-state index contributed by atoms with van der Waals surface area (Å²) in [6, 6.07) is 0.841. The summed E-state index contributed by atoms with van der Waals surface area (Å²) >= 11 is 0. The zero-order valence-corrected chi connectivity index (χ0v) is 15.6. The van der Waals surface area contributed by atoms with E-state index in [0.717, 1.165) is 19.4 Å². The summed E-state index contributed by atoms with van der Waals surface area (Å²) in [6.45, 7) is 11.4. The average molecular weight is 336 g/mol.